The molecule has 1 fully saturated rings. The molecule has 1 saturated heterocycles. The summed E-state index contributed by atoms with van der Waals surface area (Å²) in [6.07, 6.45) is 1.55. The molecule has 0 saturated carbocycles. The number of nitrogens with one attached hydrogen (secondary N) is 1. The smallest absolute Gasteiger partial charge is 0.323 e. The maximum atomic E-state index is 11.9. The van der Waals surface area contributed by atoms with Gasteiger partial charge in [-0.15, -0.1) is 0 Å². The Kier molecular flexibility index (Phi) is 3.43. The first kappa shape index (κ1) is 11.7. The van der Waals surface area contributed by atoms with Gasteiger partial charge in [-0.2, -0.15) is 0 Å². The van der Waals surface area contributed by atoms with Gasteiger partial charge in [-0.1, -0.05) is 0 Å². The van der Waals surface area contributed by atoms with Gasteiger partial charge >= 0.3 is 6.03 Å². The van der Waals surface area contributed by atoms with E-state index in [0.29, 0.717) is 37.8 Å². The van der Waals surface area contributed by atoms with E-state index >= 15 is 0 Å². The topological polar surface area (TPSA) is 80.5 Å². The Morgan fingerprint density at radius 2 is 2.24 bits per heavy atom. The molecule has 1 aliphatic heterocycles. The quantitative estimate of drug-likeness (QED) is 0.757. The summed E-state index contributed by atoms with van der Waals surface area (Å²) >= 11 is 0. The van der Waals surface area contributed by atoms with E-state index in [0.717, 1.165) is 5.56 Å². The number of urea groups is 1. The molecule has 0 aliphatic carbocycles. The Balaban J connectivity index is 1.99. The number of nitrogen functional groups attached to an aromatic ring is 1. The highest BCUT2D eigenvalue weighted by Crippen LogP contribution is 2.13. The standard InChI is InChI=1S/C11H16N4O2/c1-8-6-10(13-7-9(8)12)14-11(16)15-2-4-17-5-3-15/h6-7H,2-5,12H2,1H3,(H,13,14,16). The molecule has 2 rings (SSSR count). The van der Waals surface area contributed by atoms with Crippen LogP contribution in [0, 0.1) is 6.92 Å². The van der Waals surface area contributed by atoms with Gasteiger partial charge in [-0.05, 0) is 18.6 Å². The number of aromatic nitrogens is 1. The van der Waals surface area contributed by atoms with Crippen LogP contribution >= 0.6 is 0 Å². The van der Waals surface area contributed by atoms with Gasteiger partial charge in [0.15, 0.2) is 0 Å². The predicted octanol–water partition coefficient (Wildman–Crippen LogP) is 0.836. The number of carbonyl (C=O) groups excluding carboxylic acids is 1. The van der Waals surface area contributed by atoms with Gasteiger partial charge in [0.05, 0.1) is 25.1 Å². The molecule has 0 atom stereocenters. The maximum absolute atomic E-state index is 11.9. The van der Waals surface area contributed by atoms with E-state index < -0.39 is 0 Å². The number of nitrogens with two attached hydrogens (primary N) is 1. The summed E-state index contributed by atoms with van der Waals surface area (Å²) in [6, 6.07) is 1.61. The van der Waals surface area contributed by atoms with Gasteiger partial charge in [-0.3, -0.25) is 5.32 Å². The molecule has 17 heavy (non-hydrogen) atoms. The predicted molar refractivity (Wildman–Crippen MR) is 64.8 cm³/mol. The van der Waals surface area contributed by atoms with E-state index in [1.165, 1.54) is 0 Å². The van der Waals surface area contributed by atoms with Gasteiger partial charge < -0.3 is 15.4 Å². The van der Waals surface area contributed by atoms with Crippen molar-refractivity contribution in [3.05, 3.63) is 17.8 Å². The summed E-state index contributed by atoms with van der Waals surface area (Å²) in [4.78, 5) is 17.6. The number of nitrogens with zero attached hydrogens (tertiary/aromatic N) is 2. The number of rotatable bonds is 1. The third-order valence-electron chi connectivity index (χ3n) is 2.68. The summed E-state index contributed by atoms with van der Waals surface area (Å²) in [5, 5.41) is 2.74. The molecule has 0 spiro atoms. The zero-order valence-electron chi connectivity index (χ0n) is 9.77. The third kappa shape index (κ3) is 2.85. The van der Waals surface area contributed by atoms with Gasteiger partial charge in [-0.25, -0.2) is 9.78 Å². The number of hydrogen-bond donors (Lipinski definition) is 2. The molecule has 3 N–H and O–H groups in total. The number of hydrogen-bond acceptors (Lipinski definition) is 4. The van der Waals surface area contributed by atoms with E-state index in [4.69, 9.17) is 10.5 Å². The fourth-order valence-electron chi connectivity index (χ4n) is 1.59. The lowest BCUT2D eigenvalue weighted by atomic mass is 10.2. The largest absolute Gasteiger partial charge is 0.397 e. The first-order chi connectivity index (χ1) is 8.16. The number of ether oxygens (including phenoxy) is 1. The molecule has 1 aromatic heterocycles. The first-order valence-electron chi connectivity index (χ1n) is 5.52. The zero-order valence-corrected chi connectivity index (χ0v) is 9.77. The van der Waals surface area contributed by atoms with Crippen molar-refractivity contribution in [1.82, 2.24) is 9.88 Å². The van der Waals surface area contributed by atoms with Crippen molar-refractivity contribution in [2.45, 2.75) is 6.92 Å². The SMILES string of the molecule is Cc1cc(NC(=O)N2CCOCC2)ncc1N. The highest BCUT2D eigenvalue weighted by atomic mass is 16.5. The van der Waals surface area contributed by atoms with Crippen LogP contribution in [0.2, 0.25) is 0 Å². The summed E-state index contributed by atoms with van der Waals surface area (Å²) in [5.74, 6) is 0.521. The second-order valence-corrected chi connectivity index (χ2v) is 3.96. The first-order valence-corrected chi connectivity index (χ1v) is 5.52. The van der Waals surface area contributed by atoms with Crippen molar-refractivity contribution >= 4 is 17.5 Å². The van der Waals surface area contributed by atoms with Gasteiger partial charge in [0, 0.05) is 13.1 Å². The van der Waals surface area contributed by atoms with E-state index in [-0.39, 0.29) is 6.03 Å². The molecule has 0 unspecified atom stereocenters. The van der Waals surface area contributed by atoms with E-state index in [2.05, 4.69) is 10.3 Å². The lowest BCUT2D eigenvalue weighted by Gasteiger charge is -2.26. The number of carbonyl (C=O) groups is 1. The van der Waals surface area contributed by atoms with Crippen LogP contribution in [0.5, 0.6) is 0 Å². The molecule has 1 aromatic rings. The minimum absolute atomic E-state index is 0.148. The van der Waals surface area contributed by atoms with E-state index in [1.807, 2.05) is 6.92 Å². The summed E-state index contributed by atoms with van der Waals surface area (Å²) in [7, 11) is 0. The van der Waals surface area contributed by atoms with Crippen molar-refractivity contribution in [1.29, 1.82) is 0 Å². The molecule has 0 aromatic carbocycles. The Morgan fingerprint density at radius 3 is 2.88 bits per heavy atom. The van der Waals surface area contributed by atoms with Crippen molar-refractivity contribution in [3.8, 4) is 0 Å². The lowest BCUT2D eigenvalue weighted by Crippen LogP contribution is -2.43. The minimum atomic E-state index is -0.148. The van der Waals surface area contributed by atoms with Crippen LogP contribution in [-0.2, 0) is 4.74 Å². The summed E-state index contributed by atoms with van der Waals surface area (Å²) in [5.41, 5.74) is 7.18. The minimum Gasteiger partial charge on any atom is -0.397 e. The van der Waals surface area contributed by atoms with Crippen LogP contribution in [0.1, 0.15) is 5.56 Å². The van der Waals surface area contributed by atoms with Crippen molar-refractivity contribution in [2.75, 3.05) is 37.4 Å². The fourth-order valence-corrected chi connectivity index (χ4v) is 1.59. The van der Waals surface area contributed by atoms with Crippen LogP contribution < -0.4 is 11.1 Å². The molecular weight excluding hydrogens is 220 g/mol. The Labute approximate surface area is 99.8 Å². The van der Waals surface area contributed by atoms with Gasteiger partial charge in [0.25, 0.3) is 0 Å². The maximum Gasteiger partial charge on any atom is 0.323 e. The zero-order chi connectivity index (χ0) is 12.3. The Bertz CT molecular complexity index is 416. The monoisotopic (exact) mass is 236 g/mol. The number of amides is 2. The summed E-state index contributed by atoms with van der Waals surface area (Å²) in [6.45, 7) is 4.27. The van der Waals surface area contributed by atoms with Crippen molar-refractivity contribution in [3.63, 3.8) is 0 Å². The van der Waals surface area contributed by atoms with Crippen molar-refractivity contribution in [2.24, 2.45) is 0 Å². The molecule has 2 heterocycles. The van der Waals surface area contributed by atoms with Gasteiger partial charge in [0.2, 0.25) is 0 Å². The molecule has 6 nitrogen and oxygen atoms in total. The average molecular weight is 236 g/mol. The highest BCUT2D eigenvalue weighted by Gasteiger charge is 2.17. The number of aryl methyl sites for hydroxylation is 1. The van der Waals surface area contributed by atoms with Gasteiger partial charge in [0.1, 0.15) is 5.82 Å². The number of pyridine rings is 1. The van der Waals surface area contributed by atoms with E-state index in [1.54, 1.807) is 17.2 Å². The lowest BCUT2D eigenvalue weighted by molar-refractivity contribution is 0.0564. The van der Waals surface area contributed by atoms with E-state index in [9.17, 15) is 4.79 Å². The molecular formula is C11H16N4O2. The molecule has 0 bridgehead atoms. The number of anilines is 2. The molecule has 1 aliphatic rings. The summed E-state index contributed by atoms with van der Waals surface area (Å²) < 4.78 is 5.18. The highest BCUT2D eigenvalue weighted by molar-refractivity contribution is 5.88. The molecule has 2 amide bonds. The average Bonchev–Trinajstić information content (AvgIpc) is 2.35. The fraction of sp³-hybridized carbons (Fsp3) is 0.455. The normalized spacial score (nSPS) is 15.7. The molecule has 0 radical (unpaired) electrons. The second kappa shape index (κ2) is 5.01. The Morgan fingerprint density at radius 1 is 1.53 bits per heavy atom. The Hall–Kier alpha value is -1.82. The van der Waals surface area contributed by atoms with Crippen LogP contribution in [-0.4, -0.2) is 42.2 Å². The van der Waals surface area contributed by atoms with Crippen molar-refractivity contribution < 1.29 is 9.53 Å². The molecule has 92 valence electrons. The van der Waals surface area contributed by atoms with Crippen LogP contribution in [0.3, 0.4) is 0 Å². The number of morpholine rings is 1. The van der Waals surface area contributed by atoms with Crippen LogP contribution in [0.4, 0.5) is 16.3 Å². The van der Waals surface area contributed by atoms with Crippen LogP contribution in [0.15, 0.2) is 12.3 Å². The third-order valence-corrected chi connectivity index (χ3v) is 2.68. The van der Waals surface area contributed by atoms with Crippen LogP contribution in [0.25, 0.3) is 0 Å². The molecule has 6 heteroatoms. The second-order valence-electron chi connectivity index (χ2n) is 3.96.